The third kappa shape index (κ3) is 3.15. The molecule has 0 radical (unpaired) electrons. The molecular formula is C21H19NO3. The fourth-order valence-electron chi connectivity index (χ4n) is 3.10. The molecule has 4 nitrogen and oxygen atoms in total. The van der Waals surface area contributed by atoms with Crippen LogP contribution in [0.3, 0.4) is 0 Å². The Balaban J connectivity index is 1.37. The monoisotopic (exact) mass is 333 g/mol. The number of aromatic nitrogens is 1. The van der Waals surface area contributed by atoms with Crippen molar-refractivity contribution in [2.45, 2.75) is 19.4 Å². The van der Waals surface area contributed by atoms with Crippen molar-refractivity contribution in [2.24, 2.45) is 0 Å². The van der Waals surface area contributed by atoms with Crippen LogP contribution in [0.15, 0.2) is 75.9 Å². The first-order chi connectivity index (χ1) is 12.3. The second kappa shape index (κ2) is 6.85. The van der Waals surface area contributed by atoms with E-state index < -0.39 is 0 Å². The van der Waals surface area contributed by atoms with Crippen molar-refractivity contribution >= 4 is 21.9 Å². The Bertz CT molecular complexity index is 1060. The van der Waals surface area contributed by atoms with Gasteiger partial charge in [-0.2, -0.15) is 0 Å². The van der Waals surface area contributed by atoms with E-state index in [2.05, 4.69) is 18.2 Å². The summed E-state index contributed by atoms with van der Waals surface area (Å²) in [7, 11) is 0. The van der Waals surface area contributed by atoms with E-state index in [-0.39, 0.29) is 5.76 Å². The SMILES string of the molecule is O=c1oc2ccccc2n1CCCCOc1cccc2ccccc12. The van der Waals surface area contributed by atoms with Crippen LogP contribution in [0.2, 0.25) is 0 Å². The molecule has 0 unspecified atom stereocenters. The number of para-hydroxylation sites is 2. The predicted octanol–water partition coefficient (Wildman–Crippen LogP) is 4.61. The van der Waals surface area contributed by atoms with E-state index in [0.29, 0.717) is 18.7 Å². The van der Waals surface area contributed by atoms with E-state index in [4.69, 9.17) is 9.15 Å². The Morgan fingerprint density at radius 1 is 0.880 bits per heavy atom. The highest BCUT2D eigenvalue weighted by molar-refractivity contribution is 5.88. The zero-order valence-electron chi connectivity index (χ0n) is 13.9. The molecule has 1 aromatic heterocycles. The van der Waals surface area contributed by atoms with Crippen LogP contribution < -0.4 is 10.5 Å². The zero-order chi connectivity index (χ0) is 17.1. The average molecular weight is 333 g/mol. The van der Waals surface area contributed by atoms with Gasteiger partial charge in [-0.1, -0.05) is 48.5 Å². The largest absolute Gasteiger partial charge is 0.493 e. The number of rotatable bonds is 6. The highest BCUT2D eigenvalue weighted by atomic mass is 16.5. The van der Waals surface area contributed by atoms with Crippen molar-refractivity contribution in [3.63, 3.8) is 0 Å². The van der Waals surface area contributed by atoms with E-state index in [9.17, 15) is 4.79 Å². The van der Waals surface area contributed by atoms with Gasteiger partial charge in [-0.15, -0.1) is 0 Å². The molecule has 0 aliphatic heterocycles. The number of nitrogens with zero attached hydrogens (tertiary/aromatic N) is 1. The van der Waals surface area contributed by atoms with Crippen molar-refractivity contribution in [2.75, 3.05) is 6.61 Å². The number of benzene rings is 3. The molecule has 3 aromatic carbocycles. The van der Waals surface area contributed by atoms with Crippen LogP contribution >= 0.6 is 0 Å². The number of fused-ring (bicyclic) bond motifs is 2. The molecule has 0 fully saturated rings. The van der Waals surface area contributed by atoms with Crippen molar-refractivity contribution in [1.29, 1.82) is 0 Å². The molecule has 0 aliphatic rings. The lowest BCUT2D eigenvalue weighted by Gasteiger charge is -2.09. The number of oxazole rings is 1. The maximum atomic E-state index is 11.9. The third-order valence-electron chi connectivity index (χ3n) is 4.36. The van der Waals surface area contributed by atoms with E-state index in [1.165, 1.54) is 5.39 Å². The first kappa shape index (κ1) is 15.5. The number of hydrogen-bond acceptors (Lipinski definition) is 3. The summed E-state index contributed by atoms with van der Waals surface area (Å²) in [6.45, 7) is 1.26. The van der Waals surface area contributed by atoms with Crippen molar-refractivity contribution in [1.82, 2.24) is 4.57 Å². The molecule has 0 spiro atoms. The van der Waals surface area contributed by atoms with Crippen molar-refractivity contribution in [3.8, 4) is 5.75 Å². The molecule has 126 valence electrons. The van der Waals surface area contributed by atoms with Crippen LogP contribution in [0.5, 0.6) is 5.75 Å². The summed E-state index contributed by atoms with van der Waals surface area (Å²) in [6.07, 6.45) is 1.73. The molecule has 4 aromatic rings. The normalized spacial score (nSPS) is 11.2. The van der Waals surface area contributed by atoms with Gasteiger partial charge in [0.15, 0.2) is 5.58 Å². The Morgan fingerprint density at radius 3 is 2.64 bits per heavy atom. The molecular weight excluding hydrogens is 314 g/mol. The molecule has 0 N–H and O–H groups in total. The quantitative estimate of drug-likeness (QED) is 0.484. The van der Waals surface area contributed by atoms with Crippen molar-refractivity contribution < 1.29 is 9.15 Å². The van der Waals surface area contributed by atoms with Gasteiger partial charge in [0.25, 0.3) is 0 Å². The lowest BCUT2D eigenvalue weighted by atomic mass is 10.1. The van der Waals surface area contributed by atoms with Gasteiger partial charge < -0.3 is 9.15 Å². The van der Waals surface area contributed by atoms with Crippen LogP contribution in [0.25, 0.3) is 21.9 Å². The minimum absolute atomic E-state index is 0.295. The van der Waals surface area contributed by atoms with Crippen molar-refractivity contribution in [3.05, 3.63) is 77.3 Å². The summed E-state index contributed by atoms with van der Waals surface area (Å²) in [4.78, 5) is 11.9. The molecule has 4 rings (SSSR count). The summed E-state index contributed by atoms with van der Waals surface area (Å²) >= 11 is 0. The summed E-state index contributed by atoms with van der Waals surface area (Å²) in [5.41, 5.74) is 1.49. The standard InChI is InChI=1S/C21H19NO3/c23-21-22(18-11-3-4-12-20(18)25-21)14-5-6-15-24-19-13-7-9-16-8-1-2-10-17(16)19/h1-4,7-13H,5-6,14-15H2. The van der Waals surface area contributed by atoms with Gasteiger partial charge in [0.1, 0.15) is 5.75 Å². The van der Waals surface area contributed by atoms with E-state index in [1.807, 2.05) is 48.5 Å². The van der Waals surface area contributed by atoms with Crippen LogP contribution in [-0.4, -0.2) is 11.2 Å². The molecule has 0 saturated heterocycles. The Morgan fingerprint density at radius 2 is 1.68 bits per heavy atom. The lowest BCUT2D eigenvalue weighted by Crippen LogP contribution is -2.14. The Kier molecular flexibility index (Phi) is 4.25. The Labute approximate surface area is 145 Å². The number of unbranched alkanes of at least 4 members (excludes halogenated alkanes) is 1. The summed E-state index contributed by atoms with van der Waals surface area (Å²) in [5.74, 6) is 0.611. The number of aryl methyl sites for hydroxylation is 1. The Hall–Kier alpha value is -3.01. The van der Waals surface area contributed by atoms with Crippen LogP contribution in [-0.2, 0) is 6.54 Å². The van der Waals surface area contributed by atoms with Gasteiger partial charge in [0.2, 0.25) is 0 Å². The molecule has 0 atom stereocenters. The van der Waals surface area contributed by atoms with Crippen LogP contribution in [0.1, 0.15) is 12.8 Å². The third-order valence-corrected chi connectivity index (χ3v) is 4.36. The van der Waals surface area contributed by atoms with Crippen LogP contribution in [0.4, 0.5) is 0 Å². The van der Waals surface area contributed by atoms with Gasteiger partial charge in [0.05, 0.1) is 12.1 Å². The molecule has 4 heteroatoms. The topological polar surface area (TPSA) is 44.4 Å². The molecule has 25 heavy (non-hydrogen) atoms. The fourth-order valence-corrected chi connectivity index (χ4v) is 3.10. The zero-order valence-corrected chi connectivity index (χ0v) is 13.9. The molecule has 0 aliphatic carbocycles. The maximum absolute atomic E-state index is 11.9. The molecule has 0 amide bonds. The highest BCUT2D eigenvalue weighted by Gasteiger charge is 2.07. The highest BCUT2D eigenvalue weighted by Crippen LogP contribution is 2.25. The van der Waals surface area contributed by atoms with E-state index in [0.717, 1.165) is 29.5 Å². The smallest absolute Gasteiger partial charge is 0.419 e. The summed E-state index contributed by atoms with van der Waals surface area (Å²) in [6, 6.07) is 21.8. The number of hydrogen-bond donors (Lipinski definition) is 0. The summed E-state index contributed by atoms with van der Waals surface area (Å²) < 4.78 is 12.9. The maximum Gasteiger partial charge on any atom is 0.419 e. The minimum atomic E-state index is -0.295. The predicted molar refractivity (Wildman–Crippen MR) is 99.2 cm³/mol. The summed E-state index contributed by atoms with van der Waals surface area (Å²) in [5, 5.41) is 2.30. The number of ether oxygens (including phenoxy) is 1. The van der Waals surface area contributed by atoms with Crippen LogP contribution in [0, 0.1) is 0 Å². The average Bonchev–Trinajstić information content (AvgIpc) is 2.97. The van der Waals surface area contributed by atoms with Gasteiger partial charge in [-0.3, -0.25) is 4.57 Å². The first-order valence-electron chi connectivity index (χ1n) is 8.52. The fraction of sp³-hybridized carbons (Fsp3) is 0.190. The molecule has 0 bridgehead atoms. The van der Waals surface area contributed by atoms with Gasteiger partial charge in [-0.05, 0) is 36.4 Å². The first-order valence-corrected chi connectivity index (χ1v) is 8.52. The van der Waals surface area contributed by atoms with Gasteiger partial charge in [0, 0.05) is 11.9 Å². The molecule has 1 heterocycles. The minimum Gasteiger partial charge on any atom is -0.493 e. The van der Waals surface area contributed by atoms with Gasteiger partial charge >= 0.3 is 5.76 Å². The molecule has 0 saturated carbocycles. The van der Waals surface area contributed by atoms with E-state index in [1.54, 1.807) is 4.57 Å². The van der Waals surface area contributed by atoms with Gasteiger partial charge in [-0.25, -0.2) is 4.79 Å². The lowest BCUT2D eigenvalue weighted by molar-refractivity contribution is 0.306. The van der Waals surface area contributed by atoms with E-state index >= 15 is 0 Å². The second-order valence-electron chi connectivity index (χ2n) is 6.02. The second-order valence-corrected chi connectivity index (χ2v) is 6.02.